The highest BCUT2D eigenvalue weighted by Crippen LogP contribution is 2.30. The van der Waals surface area contributed by atoms with Crippen LogP contribution in [0.5, 0.6) is 0 Å². The zero-order chi connectivity index (χ0) is 14.9. The van der Waals surface area contributed by atoms with Crippen molar-refractivity contribution in [3.8, 4) is 10.4 Å². The highest BCUT2D eigenvalue weighted by Gasteiger charge is 2.11. The molecule has 1 aromatic carbocycles. The Bertz CT molecular complexity index is 974. The van der Waals surface area contributed by atoms with Gasteiger partial charge in [0.2, 0.25) is 0 Å². The SMILES string of the molecule is O=c1c2cc(-c3ccccc3)sc2ncn1Cc1nn[nH]n1. The third-order valence-corrected chi connectivity index (χ3v) is 4.37. The van der Waals surface area contributed by atoms with Crippen LogP contribution in [0.15, 0.2) is 47.5 Å². The van der Waals surface area contributed by atoms with Crippen LogP contribution >= 0.6 is 11.3 Å². The second-order valence-electron chi connectivity index (χ2n) is 4.70. The Morgan fingerprint density at radius 1 is 1.23 bits per heavy atom. The number of thiophene rings is 1. The lowest BCUT2D eigenvalue weighted by Gasteiger charge is -2.00. The molecule has 0 aliphatic carbocycles. The molecule has 22 heavy (non-hydrogen) atoms. The summed E-state index contributed by atoms with van der Waals surface area (Å²) in [5, 5.41) is 14.2. The second kappa shape index (κ2) is 5.15. The molecule has 0 atom stereocenters. The summed E-state index contributed by atoms with van der Waals surface area (Å²) in [5.74, 6) is 0.446. The number of aromatic nitrogens is 6. The summed E-state index contributed by atoms with van der Waals surface area (Å²) in [6.07, 6.45) is 1.52. The predicted molar refractivity (Wildman–Crippen MR) is 82.6 cm³/mol. The zero-order valence-corrected chi connectivity index (χ0v) is 12.1. The van der Waals surface area contributed by atoms with Crippen molar-refractivity contribution in [3.05, 3.63) is 58.9 Å². The minimum atomic E-state index is -0.103. The molecule has 3 aromatic heterocycles. The van der Waals surface area contributed by atoms with Gasteiger partial charge in [0.1, 0.15) is 4.83 Å². The zero-order valence-electron chi connectivity index (χ0n) is 11.3. The summed E-state index contributed by atoms with van der Waals surface area (Å²) in [7, 11) is 0. The molecule has 0 radical (unpaired) electrons. The Hall–Kier alpha value is -2.87. The molecule has 4 aromatic rings. The van der Waals surface area contributed by atoms with Crippen LogP contribution in [0.1, 0.15) is 5.82 Å². The summed E-state index contributed by atoms with van der Waals surface area (Å²) < 4.78 is 1.48. The Labute approximate surface area is 128 Å². The Morgan fingerprint density at radius 3 is 2.86 bits per heavy atom. The molecule has 0 saturated heterocycles. The molecular weight excluding hydrogens is 300 g/mol. The van der Waals surface area contributed by atoms with E-state index in [1.165, 1.54) is 22.2 Å². The van der Waals surface area contributed by atoms with Gasteiger partial charge in [-0.15, -0.1) is 21.5 Å². The fourth-order valence-corrected chi connectivity index (χ4v) is 3.21. The molecule has 0 saturated carbocycles. The molecule has 8 heteroatoms. The standard InChI is InChI=1S/C14H10N6OS/c21-14-10-6-11(9-4-2-1-3-5-9)22-13(10)15-8-20(14)7-12-16-18-19-17-12/h1-6,8H,7H2,(H,16,17,18,19). The van der Waals surface area contributed by atoms with Crippen LogP contribution in [-0.4, -0.2) is 30.2 Å². The number of benzene rings is 1. The van der Waals surface area contributed by atoms with Crippen molar-refractivity contribution in [1.82, 2.24) is 30.2 Å². The van der Waals surface area contributed by atoms with Crippen molar-refractivity contribution >= 4 is 21.6 Å². The third kappa shape index (κ3) is 2.19. The van der Waals surface area contributed by atoms with E-state index in [1.54, 1.807) is 0 Å². The molecule has 108 valence electrons. The molecule has 0 aliphatic rings. The Kier molecular flexibility index (Phi) is 3.01. The van der Waals surface area contributed by atoms with Gasteiger partial charge in [0.25, 0.3) is 5.56 Å². The number of H-pyrrole nitrogens is 1. The van der Waals surface area contributed by atoms with E-state index in [9.17, 15) is 4.79 Å². The van der Waals surface area contributed by atoms with Gasteiger partial charge in [0.05, 0.1) is 18.3 Å². The van der Waals surface area contributed by atoms with Gasteiger partial charge in [0, 0.05) is 4.88 Å². The maximum Gasteiger partial charge on any atom is 0.262 e. The number of nitrogens with one attached hydrogen (secondary N) is 1. The van der Waals surface area contributed by atoms with Crippen LogP contribution < -0.4 is 5.56 Å². The molecule has 0 aliphatic heterocycles. The topological polar surface area (TPSA) is 89.4 Å². The van der Waals surface area contributed by atoms with E-state index in [0.29, 0.717) is 11.2 Å². The lowest BCUT2D eigenvalue weighted by atomic mass is 10.2. The van der Waals surface area contributed by atoms with Gasteiger partial charge in [-0.05, 0) is 11.6 Å². The minimum Gasteiger partial charge on any atom is -0.291 e. The molecule has 4 rings (SSSR count). The van der Waals surface area contributed by atoms with Gasteiger partial charge in [0.15, 0.2) is 5.82 Å². The normalized spacial score (nSPS) is 11.1. The summed E-state index contributed by atoms with van der Waals surface area (Å²) in [4.78, 5) is 18.7. The number of aromatic amines is 1. The molecule has 1 N–H and O–H groups in total. The number of fused-ring (bicyclic) bond motifs is 1. The molecule has 0 unspecified atom stereocenters. The predicted octanol–water partition coefficient (Wildman–Crippen LogP) is 1.69. The van der Waals surface area contributed by atoms with Gasteiger partial charge in [-0.25, -0.2) is 4.98 Å². The van der Waals surface area contributed by atoms with E-state index in [4.69, 9.17) is 0 Å². The molecule has 0 amide bonds. The van der Waals surface area contributed by atoms with Gasteiger partial charge in [-0.3, -0.25) is 9.36 Å². The first-order valence-corrected chi connectivity index (χ1v) is 7.39. The first-order valence-electron chi connectivity index (χ1n) is 6.58. The average molecular weight is 310 g/mol. The van der Waals surface area contributed by atoms with Crippen LogP contribution in [0, 0.1) is 0 Å². The molecule has 3 heterocycles. The fourth-order valence-electron chi connectivity index (χ4n) is 2.22. The maximum atomic E-state index is 12.5. The van der Waals surface area contributed by atoms with Crippen molar-refractivity contribution in [1.29, 1.82) is 0 Å². The van der Waals surface area contributed by atoms with Crippen LogP contribution in [0.4, 0.5) is 0 Å². The van der Waals surface area contributed by atoms with Crippen LogP contribution in [-0.2, 0) is 6.54 Å². The summed E-state index contributed by atoms with van der Waals surface area (Å²) >= 11 is 1.51. The fraction of sp³-hybridized carbons (Fsp3) is 0.0714. The van der Waals surface area contributed by atoms with E-state index in [-0.39, 0.29) is 12.1 Å². The largest absolute Gasteiger partial charge is 0.291 e. The molecule has 0 fully saturated rings. The van der Waals surface area contributed by atoms with Crippen molar-refractivity contribution in [3.63, 3.8) is 0 Å². The number of hydrogen-bond acceptors (Lipinski definition) is 6. The van der Waals surface area contributed by atoms with Crippen molar-refractivity contribution in [2.75, 3.05) is 0 Å². The number of rotatable bonds is 3. The minimum absolute atomic E-state index is 0.103. The van der Waals surface area contributed by atoms with Crippen molar-refractivity contribution in [2.45, 2.75) is 6.54 Å². The maximum absolute atomic E-state index is 12.5. The first-order chi connectivity index (χ1) is 10.8. The lowest BCUT2D eigenvalue weighted by molar-refractivity contribution is 0.709. The first kappa shape index (κ1) is 12.8. The number of hydrogen-bond donors (Lipinski definition) is 1. The van der Waals surface area contributed by atoms with Gasteiger partial charge < -0.3 is 0 Å². The van der Waals surface area contributed by atoms with Gasteiger partial charge >= 0.3 is 0 Å². The number of tetrazole rings is 1. The Balaban J connectivity index is 1.80. The van der Waals surface area contributed by atoms with Gasteiger partial charge in [-0.2, -0.15) is 5.21 Å². The second-order valence-corrected chi connectivity index (χ2v) is 5.73. The highest BCUT2D eigenvalue weighted by atomic mass is 32.1. The van der Waals surface area contributed by atoms with Gasteiger partial charge in [-0.1, -0.05) is 35.5 Å². The summed E-state index contributed by atoms with van der Waals surface area (Å²) in [6.45, 7) is 0.245. The van der Waals surface area contributed by atoms with Crippen LogP contribution in [0.25, 0.3) is 20.7 Å². The average Bonchev–Trinajstić information content (AvgIpc) is 3.21. The lowest BCUT2D eigenvalue weighted by Crippen LogP contribution is -2.21. The van der Waals surface area contributed by atoms with Crippen molar-refractivity contribution in [2.24, 2.45) is 0 Å². The third-order valence-electron chi connectivity index (χ3n) is 3.28. The van der Waals surface area contributed by atoms with E-state index < -0.39 is 0 Å². The molecule has 7 nitrogen and oxygen atoms in total. The van der Waals surface area contributed by atoms with E-state index in [1.807, 2.05) is 36.4 Å². The molecular formula is C14H10N6OS. The highest BCUT2D eigenvalue weighted by molar-refractivity contribution is 7.21. The monoisotopic (exact) mass is 310 g/mol. The molecule has 0 bridgehead atoms. The number of nitrogens with zero attached hydrogens (tertiary/aromatic N) is 5. The Morgan fingerprint density at radius 2 is 2.09 bits per heavy atom. The van der Waals surface area contributed by atoms with Crippen molar-refractivity contribution < 1.29 is 0 Å². The quantitative estimate of drug-likeness (QED) is 0.622. The smallest absolute Gasteiger partial charge is 0.262 e. The molecule has 0 spiro atoms. The van der Waals surface area contributed by atoms with Crippen LogP contribution in [0.2, 0.25) is 0 Å². The van der Waals surface area contributed by atoms with Crippen LogP contribution in [0.3, 0.4) is 0 Å². The summed E-state index contributed by atoms with van der Waals surface area (Å²) in [5.41, 5.74) is 0.975. The van der Waals surface area contributed by atoms with E-state index in [0.717, 1.165) is 15.3 Å². The van der Waals surface area contributed by atoms with E-state index >= 15 is 0 Å². The summed E-state index contributed by atoms with van der Waals surface area (Å²) in [6, 6.07) is 11.8. The van der Waals surface area contributed by atoms with E-state index in [2.05, 4.69) is 25.6 Å².